The van der Waals surface area contributed by atoms with Crippen LogP contribution in [-0.4, -0.2) is 32.8 Å². The highest BCUT2D eigenvalue weighted by molar-refractivity contribution is 8.31. The van der Waals surface area contributed by atoms with Crippen LogP contribution in [0.2, 0.25) is 0 Å². The number of ketones is 1. The Balaban J connectivity index is 3.17. The summed E-state index contributed by atoms with van der Waals surface area (Å²) in [6.07, 6.45) is 0. The molecule has 0 fully saturated rings. The Bertz CT molecular complexity index is 753. The van der Waals surface area contributed by atoms with E-state index in [1.165, 1.54) is 39.0 Å². The number of sulfone groups is 2. The van der Waals surface area contributed by atoms with Crippen molar-refractivity contribution >= 4 is 29.9 Å². The quantitative estimate of drug-likeness (QED) is 0.833. The number of carbonyl (C=O) groups is 2. The highest BCUT2D eigenvalue weighted by Crippen LogP contribution is 2.20. The Morgan fingerprint density at radius 2 is 1.43 bits per heavy atom. The highest BCUT2D eigenvalue weighted by atomic mass is 32.3. The van der Waals surface area contributed by atoms with Crippen LogP contribution >= 0.6 is 0 Å². The predicted octanol–water partition coefficient (Wildman–Crippen LogP) is 1.61. The lowest BCUT2D eigenvalue weighted by Crippen LogP contribution is -2.33. The van der Waals surface area contributed by atoms with Crippen LogP contribution < -0.4 is 0 Å². The van der Waals surface area contributed by atoms with Crippen LogP contribution in [0.5, 0.6) is 0 Å². The van der Waals surface area contributed by atoms with E-state index in [1.807, 2.05) is 0 Å². The highest BCUT2D eigenvalue weighted by Gasteiger charge is 2.39. The van der Waals surface area contributed by atoms with Crippen LogP contribution in [0.25, 0.3) is 0 Å². The van der Waals surface area contributed by atoms with Crippen LogP contribution in [0.15, 0.2) is 35.2 Å². The van der Waals surface area contributed by atoms with E-state index in [1.54, 1.807) is 0 Å². The first-order chi connectivity index (χ1) is 9.39. The van der Waals surface area contributed by atoms with E-state index in [4.69, 9.17) is 0 Å². The van der Waals surface area contributed by atoms with Crippen molar-refractivity contribution in [2.24, 2.45) is 5.41 Å². The monoisotopic (exact) mass is 332 g/mol. The molecule has 1 aromatic rings. The zero-order valence-electron chi connectivity index (χ0n) is 11.9. The van der Waals surface area contributed by atoms with Crippen molar-refractivity contribution in [1.82, 2.24) is 0 Å². The first-order valence-corrected chi connectivity index (χ1v) is 9.13. The van der Waals surface area contributed by atoms with Gasteiger partial charge < -0.3 is 0 Å². The molecule has 0 atom stereocenters. The maximum Gasteiger partial charge on any atom is 0.364 e. The molecule has 0 radical (unpaired) electrons. The molecule has 6 nitrogen and oxygen atoms in total. The predicted molar refractivity (Wildman–Crippen MR) is 77.3 cm³/mol. The molecule has 0 aliphatic rings. The topological polar surface area (TPSA) is 102 Å². The molecule has 0 saturated heterocycles. The van der Waals surface area contributed by atoms with Gasteiger partial charge in [-0.3, -0.25) is 9.59 Å². The van der Waals surface area contributed by atoms with Gasteiger partial charge in [-0.15, -0.1) is 0 Å². The Morgan fingerprint density at radius 1 is 0.952 bits per heavy atom. The standard InChI is InChI=1S/C13H16O6S2/c1-13(2,3)11(14)9-20(16,17)12(15)21(18,19)10-7-5-4-6-8-10/h4-8H,9H2,1-3H3. The van der Waals surface area contributed by atoms with E-state index in [9.17, 15) is 26.4 Å². The van der Waals surface area contributed by atoms with Gasteiger partial charge in [0.05, 0.1) is 4.90 Å². The molecule has 0 aliphatic carbocycles. The van der Waals surface area contributed by atoms with Crippen molar-refractivity contribution in [3.05, 3.63) is 30.3 Å². The van der Waals surface area contributed by atoms with E-state index in [0.717, 1.165) is 12.1 Å². The summed E-state index contributed by atoms with van der Waals surface area (Å²) in [5.74, 6) is -1.85. The van der Waals surface area contributed by atoms with E-state index < -0.39 is 46.0 Å². The maximum atomic E-state index is 12.0. The second-order valence-corrected chi connectivity index (χ2v) is 9.50. The first kappa shape index (κ1) is 17.5. The van der Waals surface area contributed by atoms with Crippen molar-refractivity contribution in [3.63, 3.8) is 0 Å². The van der Waals surface area contributed by atoms with Crippen LogP contribution in [0.4, 0.5) is 4.79 Å². The van der Waals surface area contributed by atoms with Gasteiger partial charge in [0.15, 0.2) is 5.78 Å². The van der Waals surface area contributed by atoms with Crippen molar-refractivity contribution in [3.8, 4) is 0 Å². The third-order valence-electron chi connectivity index (χ3n) is 2.68. The van der Waals surface area contributed by atoms with E-state index in [0.29, 0.717) is 0 Å². The zero-order valence-corrected chi connectivity index (χ0v) is 13.5. The lowest BCUT2D eigenvalue weighted by atomic mass is 9.92. The first-order valence-electron chi connectivity index (χ1n) is 5.99. The largest absolute Gasteiger partial charge is 0.364 e. The molecule has 0 bridgehead atoms. The van der Waals surface area contributed by atoms with Crippen molar-refractivity contribution in [2.75, 3.05) is 5.75 Å². The normalized spacial score (nSPS) is 12.9. The number of hydrogen-bond donors (Lipinski definition) is 0. The average Bonchev–Trinajstić information content (AvgIpc) is 2.37. The van der Waals surface area contributed by atoms with Gasteiger partial charge in [0.1, 0.15) is 5.75 Å². The molecule has 0 aliphatic heterocycles. The Morgan fingerprint density at radius 3 is 1.86 bits per heavy atom. The Labute approximate surface area is 124 Å². The number of Topliss-reactive ketones (excluding diaryl/α,β-unsaturated/α-hetero) is 1. The molecule has 0 saturated carbocycles. The Kier molecular flexibility index (Phi) is 4.74. The summed E-state index contributed by atoms with van der Waals surface area (Å²) in [6, 6.07) is 6.50. The molecule has 116 valence electrons. The number of benzene rings is 1. The van der Waals surface area contributed by atoms with Gasteiger partial charge in [-0.25, -0.2) is 16.8 Å². The van der Waals surface area contributed by atoms with Crippen LogP contribution in [0.3, 0.4) is 0 Å². The number of rotatable bonds is 3. The van der Waals surface area contributed by atoms with Crippen LogP contribution in [0, 0.1) is 5.41 Å². The summed E-state index contributed by atoms with van der Waals surface area (Å²) in [5, 5.41) is 0. The summed E-state index contributed by atoms with van der Waals surface area (Å²) in [5.41, 5.74) is -0.982. The molecule has 0 amide bonds. The van der Waals surface area contributed by atoms with Gasteiger partial charge >= 0.3 is 4.45 Å². The van der Waals surface area contributed by atoms with Crippen molar-refractivity contribution in [2.45, 2.75) is 25.7 Å². The van der Waals surface area contributed by atoms with Crippen molar-refractivity contribution < 1.29 is 26.4 Å². The molecule has 0 unspecified atom stereocenters. The lowest BCUT2D eigenvalue weighted by molar-refractivity contribution is -0.123. The van der Waals surface area contributed by atoms with Crippen molar-refractivity contribution in [1.29, 1.82) is 0 Å². The summed E-state index contributed by atoms with van der Waals surface area (Å²) in [6.45, 7) is 4.46. The molecule has 21 heavy (non-hydrogen) atoms. The molecule has 1 rings (SSSR count). The number of carbonyl (C=O) groups excluding carboxylic acids is 2. The van der Waals surface area contributed by atoms with Gasteiger partial charge in [0.25, 0.3) is 9.84 Å². The zero-order chi connectivity index (χ0) is 16.5. The third kappa shape index (κ3) is 3.98. The minimum absolute atomic E-state index is 0.415. The summed E-state index contributed by atoms with van der Waals surface area (Å²) in [7, 11) is -9.39. The summed E-state index contributed by atoms with van der Waals surface area (Å²) in [4.78, 5) is 23.1. The molecule has 0 spiro atoms. The fourth-order valence-corrected chi connectivity index (χ4v) is 4.72. The molecule has 8 heteroatoms. The molecular formula is C13H16O6S2. The van der Waals surface area contributed by atoms with Gasteiger partial charge in [-0.2, -0.15) is 0 Å². The lowest BCUT2D eigenvalue weighted by Gasteiger charge is -2.15. The Hall–Kier alpha value is -1.54. The summed E-state index contributed by atoms with van der Waals surface area (Å²) < 4.78 is 45.7. The third-order valence-corrected chi connectivity index (χ3v) is 6.59. The van der Waals surface area contributed by atoms with Crippen LogP contribution in [0.1, 0.15) is 20.8 Å². The smallest absolute Gasteiger partial charge is 0.298 e. The molecule has 0 aromatic heterocycles. The fraction of sp³-hybridized carbons (Fsp3) is 0.385. The summed E-state index contributed by atoms with van der Waals surface area (Å²) >= 11 is 0. The second kappa shape index (κ2) is 5.69. The van der Waals surface area contributed by atoms with Gasteiger partial charge in [0, 0.05) is 5.41 Å². The van der Waals surface area contributed by atoms with Crippen LogP contribution in [-0.2, 0) is 24.5 Å². The SMILES string of the molecule is CC(C)(C)C(=O)CS(=O)(=O)C(=O)S(=O)(=O)c1ccccc1. The minimum Gasteiger partial charge on any atom is -0.298 e. The second-order valence-electron chi connectivity index (χ2n) is 5.50. The van der Waals surface area contributed by atoms with Gasteiger partial charge in [-0.05, 0) is 12.1 Å². The fourth-order valence-electron chi connectivity index (χ4n) is 1.31. The van der Waals surface area contributed by atoms with E-state index in [-0.39, 0.29) is 0 Å². The minimum atomic E-state index is -4.72. The molecular weight excluding hydrogens is 316 g/mol. The number of hydrogen-bond acceptors (Lipinski definition) is 6. The molecule has 0 N–H and O–H groups in total. The maximum absolute atomic E-state index is 12.0. The molecule has 1 aromatic carbocycles. The van der Waals surface area contributed by atoms with Gasteiger partial charge in [-0.1, -0.05) is 39.0 Å². The van der Waals surface area contributed by atoms with Gasteiger partial charge in [0.2, 0.25) is 9.84 Å². The van der Waals surface area contributed by atoms with E-state index >= 15 is 0 Å². The average molecular weight is 332 g/mol. The molecule has 0 heterocycles. The van der Waals surface area contributed by atoms with E-state index in [2.05, 4.69) is 0 Å².